The van der Waals surface area contributed by atoms with E-state index in [1.807, 2.05) is 0 Å². The van der Waals surface area contributed by atoms with E-state index in [0.717, 1.165) is 0 Å². The third kappa shape index (κ3) is 1.16. The zero-order chi connectivity index (χ0) is 3.41. The van der Waals surface area contributed by atoms with Crippen molar-refractivity contribution < 1.29 is 10.2 Å². The number of rotatable bonds is 0. The molecule has 20 valence electrons. The molecule has 0 heterocycles. The van der Waals surface area contributed by atoms with E-state index in [0.29, 0.717) is 0 Å². The predicted octanol–water partition coefficient (Wildman–Crippen LogP) is -2.20. The van der Waals surface area contributed by atoms with Crippen molar-refractivity contribution in [2.75, 3.05) is 0 Å². The summed E-state index contributed by atoms with van der Waals surface area (Å²) in [4.78, 5) is 8.81. The molecule has 0 aliphatic carbocycles. The average molecular weight is 56.0 g/mol. The van der Waals surface area contributed by atoms with Crippen LogP contribution in [-0.4, -0.2) is 11.8 Å². The molecule has 2 nitrogen and oxygen atoms in total. The quantitative estimate of drug-likeness (QED) is 0.248. The Labute approximate surface area is 23.3 Å². The van der Waals surface area contributed by atoms with Crippen molar-refractivity contribution in [2.24, 2.45) is 0 Å². The van der Waals surface area contributed by atoms with E-state index in [1.54, 1.807) is 5.87 Å². The van der Waals surface area contributed by atoms with E-state index >= 15 is 0 Å². The van der Waals surface area contributed by atoms with Crippen LogP contribution in [0.25, 0.3) is 0 Å². The van der Waals surface area contributed by atoms with Crippen LogP contribution in [0.3, 0.4) is 0 Å². The molecule has 0 unspecified atom stereocenters. The van der Waals surface area contributed by atoms with Crippen LogP contribution in [0, 0.1) is 0 Å². The smallest absolute Gasteiger partial charge is 0.218 e. The molecular formula is C2H2NO+. The fourth-order valence-corrected chi connectivity index (χ4v) is 0. The Bertz CT molecular complexity index is 56.1. The molecule has 0 radical (unpaired) electrons. The number of carbonyl (C=O) groups excluding carboxylic acids is 1. The highest BCUT2D eigenvalue weighted by atomic mass is 16.1. The van der Waals surface area contributed by atoms with Gasteiger partial charge in [-0.05, 0) is 0 Å². The standard InChI is InChI=1S/C2HNO/c3-1-2-4/h3H/p+1. The Balaban J connectivity index is 3.95. The highest BCUT2D eigenvalue weighted by Gasteiger charge is 1.29. The summed E-state index contributed by atoms with van der Waals surface area (Å²) in [6.45, 7) is 0. The van der Waals surface area contributed by atoms with Gasteiger partial charge in [-0.1, -0.05) is 0 Å². The lowest BCUT2D eigenvalue weighted by molar-refractivity contribution is -0.100. The van der Waals surface area contributed by atoms with Gasteiger partial charge in [0.1, 0.15) is 0 Å². The maximum atomic E-state index is 8.81. The second-order valence-electron chi connectivity index (χ2n) is 0.246. The number of hydrogen-bond acceptors (Lipinski definition) is 1. The number of hydrogen-bond donors (Lipinski definition) is 1. The van der Waals surface area contributed by atoms with Crippen LogP contribution in [0.1, 0.15) is 0 Å². The third-order valence-electron chi connectivity index (χ3n) is 0.0589. The van der Waals surface area contributed by atoms with Crippen molar-refractivity contribution in [2.45, 2.75) is 0 Å². The molecule has 0 bridgehead atoms. The Hall–Kier alpha value is -0.840. The Morgan fingerprint density at radius 3 is 2.00 bits per heavy atom. The molecule has 0 amide bonds. The Morgan fingerprint density at radius 2 is 2.00 bits per heavy atom. The van der Waals surface area contributed by atoms with Gasteiger partial charge in [-0.2, -0.15) is 0 Å². The van der Waals surface area contributed by atoms with Crippen LogP contribution < -0.4 is 5.41 Å². The molecule has 0 atom stereocenters. The summed E-state index contributed by atoms with van der Waals surface area (Å²) < 4.78 is 0. The van der Waals surface area contributed by atoms with Crippen molar-refractivity contribution in [3.63, 3.8) is 0 Å². The van der Waals surface area contributed by atoms with Crippen LogP contribution in [0.5, 0.6) is 0 Å². The van der Waals surface area contributed by atoms with Gasteiger partial charge in [-0.15, -0.1) is 0 Å². The molecule has 0 aliphatic heterocycles. The van der Waals surface area contributed by atoms with E-state index in [9.17, 15) is 0 Å². The van der Waals surface area contributed by atoms with Crippen molar-refractivity contribution in [1.29, 1.82) is 0 Å². The molecule has 0 aromatic heterocycles. The van der Waals surface area contributed by atoms with Crippen LogP contribution in [-0.2, 0) is 4.79 Å². The van der Waals surface area contributed by atoms with Gasteiger partial charge in [-0.3, -0.25) is 0 Å². The first-order valence-electron chi connectivity index (χ1n) is 0.743. The lowest BCUT2D eigenvalue weighted by Gasteiger charge is -1.05. The van der Waals surface area contributed by atoms with E-state index in [4.69, 9.17) is 4.79 Å². The van der Waals surface area contributed by atoms with Crippen molar-refractivity contribution in [3.05, 3.63) is 0 Å². The van der Waals surface area contributed by atoms with Crippen molar-refractivity contribution in [3.8, 4) is 0 Å². The minimum Gasteiger partial charge on any atom is -0.218 e. The summed E-state index contributed by atoms with van der Waals surface area (Å²) in [6.07, 6.45) is 0. The monoisotopic (exact) mass is 56.0 g/mol. The molecule has 2 heteroatoms. The summed E-state index contributed by atoms with van der Waals surface area (Å²) in [5, 5.41) is 4.35. The van der Waals surface area contributed by atoms with Gasteiger partial charge < -0.3 is 0 Å². The second-order valence-corrected chi connectivity index (χ2v) is 0.246. The van der Waals surface area contributed by atoms with E-state index in [2.05, 4.69) is 5.41 Å². The van der Waals surface area contributed by atoms with Crippen LogP contribution in [0.2, 0.25) is 0 Å². The molecule has 2 N–H and O–H groups in total. The normalized spacial score (nSPS) is 3.00. The van der Waals surface area contributed by atoms with Gasteiger partial charge in [-0.25, -0.2) is 10.2 Å². The molecule has 0 aromatic carbocycles. The van der Waals surface area contributed by atoms with Gasteiger partial charge in [0.15, 0.2) is 0 Å². The number of nitrogens with two attached hydrogens (primary N) is 1. The largest absolute Gasteiger partial charge is 0.262 e. The minimum atomic E-state index is 1.21. The fraction of sp³-hybridized carbons (Fsp3) is 0. The first-order valence-corrected chi connectivity index (χ1v) is 0.743. The molecule has 0 saturated carbocycles. The highest BCUT2D eigenvalue weighted by molar-refractivity contribution is 5.81. The van der Waals surface area contributed by atoms with Gasteiger partial charge in [0, 0.05) is 0 Å². The predicted molar refractivity (Wildman–Crippen MR) is 12.6 cm³/mol. The van der Waals surface area contributed by atoms with E-state index in [-0.39, 0.29) is 0 Å². The minimum absolute atomic E-state index is 1.21. The summed E-state index contributed by atoms with van der Waals surface area (Å²) in [5.74, 6) is 2.83. The van der Waals surface area contributed by atoms with Crippen LogP contribution in [0.15, 0.2) is 0 Å². The Morgan fingerprint density at radius 1 is 1.75 bits per heavy atom. The van der Waals surface area contributed by atoms with Crippen LogP contribution in [0.4, 0.5) is 0 Å². The summed E-state index contributed by atoms with van der Waals surface area (Å²) in [5.41, 5.74) is 0. The SMILES string of the molecule is [NH2+]=C=C=O. The van der Waals surface area contributed by atoms with Crippen molar-refractivity contribution >= 4 is 11.8 Å². The lowest BCUT2D eigenvalue weighted by atomic mass is 11.2. The second kappa shape index (κ2) is 2.16. The maximum absolute atomic E-state index is 8.81. The summed E-state index contributed by atoms with van der Waals surface area (Å²) >= 11 is 0. The summed E-state index contributed by atoms with van der Waals surface area (Å²) in [7, 11) is 0. The summed E-state index contributed by atoms with van der Waals surface area (Å²) in [6, 6.07) is 0. The topological polar surface area (TPSA) is 42.7 Å². The van der Waals surface area contributed by atoms with Crippen LogP contribution >= 0.6 is 0 Å². The molecular weight excluding hydrogens is 54.0 g/mol. The maximum Gasteiger partial charge on any atom is 0.262 e. The van der Waals surface area contributed by atoms with Crippen molar-refractivity contribution in [1.82, 2.24) is 0 Å². The third-order valence-corrected chi connectivity index (χ3v) is 0.0589. The molecule has 0 saturated heterocycles. The van der Waals surface area contributed by atoms with E-state index < -0.39 is 0 Å². The molecule has 0 aliphatic rings. The lowest BCUT2D eigenvalue weighted by Crippen LogP contribution is -2.25. The molecule has 0 rings (SSSR count). The van der Waals surface area contributed by atoms with Gasteiger partial charge in [0.2, 0.25) is 5.94 Å². The molecule has 0 fully saturated rings. The first kappa shape index (κ1) is 3.16. The molecule has 0 aromatic rings. The van der Waals surface area contributed by atoms with E-state index in [1.165, 1.54) is 5.94 Å². The molecule has 4 heavy (non-hydrogen) atoms. The van der Waals surface area contributed by atoms with Gasteiger partial charge >= 0.3 is 0 Å². The average Bonchev–Trinajstić information content (AvgIpc) is 1.37. The first-order chi connectivity index (χ1) is 1.91. The Kier molecular flexibility index (Phi) is 1.71. The zero-order valence-electron chi connectivity index (χ0n) is 1.99. The highest BCUT2D eigenvalue weighted by Crippen LogP contribution is 0.811. The van der Waals surface area contributed by atoms with Gasteiger partial charge in [0.05, 0.1) is 0 Å². The van der Waals surface area contributed by atoms with Gasteiger partial charge in [0.25, 0.3) is 5.87 Å². The fourth-order valence-electron chi connectivity index (χ4n) is 0. The molecule has 0 spiro atoms. The zero-order valence-corrected chi connectivity index (χ0v) is 1.99.